The topological polar surface area (TPSA) is 38.3 Å². The fraction of sp³-hybridized carbons (Fsp3) is 0.321. The van der Waals surface area contributed by atoms with Gasteiger partial charge < -0.3 is 10.1 Å². The maximum Gasteiger partial charge on any atom is 0.220 e. The van der Waals surface area contributed by atoms with Crippen LogP contribution in [0.5, 0.6) is 5.75 Å². The maximum atomic E-state index is 12.6. The molecule has 0 aliphatic heterocycles. The molecular formula is C28H31Cl2NO2. The number of hydrogen-bond donors (Lipinski definition) is 1. The number of amides is 1. The number of benzene rings is 3. The fourth-order valence-electron chi connectivity index (χ4n) is 3.61. The van der Waals surface area contributed by atoms with Crippen LogP contribution < -0.4 is 10.1 Å². The van der Waals surface area contributed by atoms with Gasteiger partial charge in [-0.2, -0.15) is 0 Å². The summed E-state index contributed by atoms with van der Waals surface area (Å²) >= 11 is 12.1. The summed E-state index contributed by atoms with van der Waals surface area (Å²) in [5.74, 6) is 1.02. The summed E-state index contributed by atoms with van der Waals surface area (Å²) in [7, 11) is 0. The lowest BCUT2D eigenvalue weighted by Crippen LogP contribution is -2.29. The number of rotatable bonds is 9. The summed E-state index contributed by atoms with van der Waals surface area (Å²) in [5.41, 5.74) is 3.20. The average molecular weight is 484 g/mol. The van der Waals surface area contributed by atoms with Gasteiger partial charge in [0.25, 0.3) is 0 Å². The van der Waals surface area contributed by atoms with Crippen LogP contribution in [0.25, 0.3) is 0 Å². The Balaban J connectivity index is 1.56. The zero-order valence-electron chi connectivity index (χ0n) is 19.4. The lowest BCUT2D eigenvalue weighted by atomic mass is 9.92. The molecule has 0 aliphatic carbocycles. The Bertz CT molecular complexity index is 1020. The van der Waals surface area contributed by atoms with E-state index >= 15 is 0 Å². The molecule has 33 heavy (non-hydrogen) atoms. The largest absolute Gasteiger partial charge is 0.488 e. The zero-order chi connectivity index (χ0) is 23.8. The molecule has 0 bridgehead atoms. The first kappa shape index (κ1) is 25.1. The van der Waals surface area contributed by atoms with Gasteiger partial charge in [0.05, 0.1) is 0 Å². The predicted molar refractivity (Wildman–Crippen MR) is 138 cm³/mol. The van der Waals surface area contributed by atoms with E-state index in [9.17, 15) is 4.79 Å². The van der Waals surface area contributed by atoms with Crippen molar-refractivity contribution < 1.29 is 9.53 Å². The molecule has 0 saturated carbocycles. The quantitative estimate of drug-likeness (QED) is 0.348. The summed E-state index contributed by atoms with van der Waals surface area (Å²) in [5, 5.41) is 4.53. The summed E-state index contributed by atoms with van der Waals surface area (Å²) in [6, 6.07) is 23.6. The molecule has 3 rings (SSSR count). The van der Waals surface area contributed by atoms with Gasteiger partial charge in [-0.05, 0) is 86.7 Å². The standard InChI is InChI=1S/C28H31Cl2NO2/c1-28(2,3)33-26-15-6-20(7-16-26)8-17-27(32)31-19-23(22-9-13-25(30)14-10-22)18-21-4-11-24(29)12-5-21/h4-7,9-16,23H,8,17-19H2,1-3H3,(H,31,32)/t23-/m0/s1. The lowest BCUT2D eigenvalue weighted by molar-refractivity contribution is -0.121. The SMILES string of the molecule is CC(C)(C)Oc1ccc(CCC(=O)NC[C@H](Cc2ccc(Cl)cc2)c2ccc(Cl)cc2)cc1. The second-order valence-corrected chi connectivity index (χ2v) is 10.1. The molecule has 5 heteroatoms. The van der Waals surface area contributed by atoms with Crippen molar-refractivity contribution >= 4 is 29.1 Å². The average Bonchev–Trinajstić information content (AvgIpc) is 2.77. The van der Waals surface area contributed by atoms with E-state index in [-0.39, 0.29) is 17.4 Å². The van der Waals surface area contributed by atoms with E-state index in [4.69, 9.17) is 27.9 Å². The summed E-state index contributed by atoms with van der Waals surface area (Å²) in [6.45, 7) is 6.63. The van der Waals surface area contributed by atoms with Gasteiger partial charge in [0, 0.05) is 28.9 Å². The molecule has 174 valence electrons. The van der Waals surface area contributed by atoms with E-state index in [1.165, 1.54) is 5.56 Å². The molecular weight excluding hydrogens is 453 g/mol. The van der Waals surface area contributed by atoms with Crippen molar-refractivity contribution in [3.8, 4) is 5.75 Å². The number of carbonyl (C=O) groups excluding carboxylic acids is 1. The first-order chi connectivity index (χ1) is 15.7. The zero-order valence-corrected chi connectivity index (χ0v) is 20.9. The molecule has 0 unspecified atom stereocenters. The molecule has 0 heterocycles. The summed E-state index contributed by atoms with van der Waals surface area (Å²) in [6.07, 6.45) is 1.92. The van der Waals surface area contributed by atoms with Gasteiger partial charge in [0.2, 0.25) is 5.91 Å². The van der Waals surface area contributed by atoms with Crippen molar-refractivity contribution in [3.63, 3.8) is 0 Å². The monoisotopic (exact) mass is 483 g/mol. The Labute approximate surface area is 207 Å². The molecule has 0 saturated heterocycles. The van der Waals surface area contributed by atoms with Gasteiger partial charge in [-0.15, -0.1) is 0 Å². The van der Waals surface area contributed by atoms with Crippen molar-refractivity contribution in [3.05, 3.63) is 99.5 Å². The summed E-state index contributed by atoms with van der Waals surface area (Å²) in [4.78, 5) is 12.6. The van der Waals surface area contributed by atoms with Crippen molar-refractivity contribution in [2.45, 2.75) is 51.6 Å². The van der Waals surface area contributed by atoms with Gasteiger partial charge in [0.15, 0.2) is 0 Å². The number of carbonyl (C=O) groups is 1. The number of aryl methyl sites for hydroxylation is 1. The lowest BCUT2D eigenvalue weighted by Gasteiger charge is -2.21. The smallest absolute Gasteiger partial charge is 0.220 e. The molecule has 3 aromatic rings. The first-order valence-corrected chi connectivity index (χ1v) is 12.0. The molecule has 0 aromatic heterocycles. The highest BCUT2D eigenvalue weighted by molar-refractivity contribution is 6.30. The van der Waals surface area contributed by atoms with Crippen LogP contribution in [0.15, 0.2) is 72.8 Å². The van der Waals surface area contributed by atoms with Crippen LogP contribution in [0.3, 0.4) is 0 Å². The van der Waals surface area contributed by atoms with Gasteiger partial charge in [0.1, 0.15) is 11.4 Å². The molecule has 0 aliphatic rings. The minimum atomic E-state index is -0.228. The van der Waals surface area contributed by atoms with Gasteiger partial charge in [-0.1, -0.05) is 59.6 Å². The molecule has 3 nitrogen and oxygen atoms in total. The Morgan fingerprint density at radius 3 is 1.97 bits per heavy atom. The van der Waals surface area contributed by atoms with Crippen molar-refractivity contribution in [2.24, 2.45) is 0 Å². The van der Waals surface area contributed by atoms with Gasteiger partial charge in [-0.3, -0.25) is 4.79 Å². The van der Waals surface area contributed by atoms with E-state index in [2.05, 4.69) is 5.32 Å². The second kappa shape index (κ2) is 11.6. The van der Waals surface area contributed by atoms with E-state index in [0.29, 0.717) is 29.4 Å². The molecule has 0 radical (unpaired) electrons. The Morgan fingerprint density at radius 1 is 0.848 bits per heavy atom. The van der Waals surface area contributed by atoms with Crippen LogP contribution in [0.2, 0.25) is 10.0 Å². The van der Waals surface area contributed by atoms with Crippen LogP contribution in [-0.4, -0.2) is 18.1 Å². The van der Waals surface area contributed by atoms with E-state index in [1.807, 2.05) is 93.6 Å². The van der Waals surface area contributed by atoms with Crippen LogP contribution >= 0.6 is 23.2 Å². The Kier molecular flexibility index (Phi) is 8.82. The van der Waals surface area contributed by atoms with Crippen LogP contribution in [0.1, 0.15) is 49.8 Å². The minimum Gasteiger partial charge on any atom is -0.488 e. The highest BCUT2D eigenvalue weighted by atomic mass is 35.5. The molecule has 0 spiro atoms. The molecule has 1 amide bonds. The maximum absolute atomic E-state index is 12.6. The number of halogens is 2. The highest BCUT2D eigenvalue weighted by Gasteiger charge is 2.15. The molecule has 3 aromatic carbocycles. The van der Waals surface area contributed by atoms with E-state index in [0.717, 1.165) is 23.3 Å². The predicted octanol–water partition coefficient (Wildman–Crippen LogP) is 7.25. The Hall–Kier alpha value is -2.49. The molecule has 0 fully saturated rings. The molecule has 1 N–H and O–H groups in total. The van der Waals surface area contributed by atoms with Crippen LogP contribution in [0.4, 0.5) is 0 Å². The number of ether oxygens (including phenoxy) is 1. The third-order valence-corrected chi connectivity index (χ3v) is 5.77. The highest BCUT2D eigenvalue weighted by Crippen LogP contribution is 2.24. The van der Waals surface area contributed by atoms with Gasteiger partial charge >= 0.3 is 0 Å². The normalized spacial score (nSPS) is 12.3. The minimum absolute atomic E-state index is 0.0417. The van der Waals surface area contributed by atoms with Crippen LogP contribution in [-0.2, 0) is 17.6 Å². The van der Waals surface area contributed by atoms with Crippen molar-refractivity contribution in [2.75, 3.05) is 6.54 Å². The number of hydrogen-bond acceptors (Lipinski definition) is 2. The van der Waals surface area contributed by atoms with Crippen LogP contribution in [0, 0.1) is 0 Å². The summed E-state index contributed by atoms with van der Waals surface area (Å²) < 4.78 is 5.86. The first-order valence-electron chi connectivity index (χ1n) is 11.2. The second-order valence-electron chi connectivity index (χ2n) is 9.24. The number of nitrogens with one attached hydrogen (secondary N) is 1. The van der Waals surface area contributed by atoms with E-state index < -0.39 is 0 Å². The fourth-order valence-corrected chi connectivity index (χ4v) is 3.86. The van der Waals surface area contributed by atoms with Crippen molar-refractivity contribution in [1.82, 2.24) is 5.32 Å². The van der Waals surface area contributed by atoms with E-state index in [1.54, 1.807) is 0 Å². The van der Waals surface area contributed by atoms with Crippen molar-refractivity contribution in [1.29, 1.82) is 0 Å². The third-order valence-electron chi connectivity index (χ3n) is 5.27. The Morgan fingerprint density at radius 2 is 1.39 bits per heavy atom. The molecule has 1 atom stereocenters. The van der Waals surface area contributed by atoms with Gasteiger partial charge in [-0.25, -0.2) is 0 Å². The third kappa shape index (κ3) is 8.75.